The molecule has 6 rings (SSSR count). The Labute approximate surface area is 338 Å². The molecule has 1 N–H and O–H groups in total. The number of anilines is 1. The summed E-state index contributed by atoms with van der Waals surface area (Å²) in [6.07, 6.45) is 9.81. The Balaban J connectivity index is 1.46. The molecule has 0 bridgehead atoms. The van der Waals surface area contributed by atoms with Crippen LogP contribution in [0, 0.1) is 18.8 Å². The number of hydrogen-bond acceptors (Lipinski definition) is 8. The molecule has 2 unspecified atom stereocenters. The van der Waals surface area contributed by atoms with Crippen LogP contribution in [0.5, 0.6) is 5.75 Å². The minimum Gasteiger partial charge on any atom is -0.490 e. The number of rotatable bonds is 13. The van der Waals surface area contributed by atoms with Crippen LogP contribution in [-0.4, -0.2) is 63.8 Å². The summed E-state index contributed by atoms with van der Waals surface area (Å²) in [6.45, 7) is 14.7. The van der Waals surface area contributed by atoms with Crippen molar-refractivity contribution in [3.05, 3.63) is 95.3 Å². The van der Waals surface area contributed by atoms with Gasteiger partial charge in [0.05, 0.1) is 47.6 Å². The van der Waals surface area contributed by atoms with Gasteiger partial charge in [0.2, 0.25) is 0 Å². The average Bonchev–Trinajstić information content (AvgIpc) is 3.39. The summed E-state index contributed by atoms with van der Waals surface area (Å²) in [5, 5.41) is 4.99. The predicted molar refractivity (Wildman–Crippen MR) is 223 cm³/mol. The number of aromatic nitrogens is 2. The molecule has 1 aromatic heterocycles. The zero-order chi connectivity index (χ0) is 38.8. The number of carbonyl (C=O) groups excluding carboxylic acids is 2. The van der Waals surface area contributed by atoms with Crippen molar-refractivity contribution in [1.82, 2.24) is 14.5 Å². The van der Waals surface area contributed by atoms with Crippen LogP contribution in [0.2, 0.25) is 5.02 Å². The highest BCUT2D eigenvalue weighted by Gasteiger charge is 2.45. The standard InChI is InChI=1S/C39H48ClIN5O6PS/c1-7-18-51-38(4,5)37(48)44-54(49,43-36(47)31-22-45(6)42-25(31)3)29-13-16-35-33(20-29)46(21-27-11-14-30(27)34(8-2)52-53-41)23-39(24-50-35)17-9-10-26-19-28(40)12-15-32(26)39/h7-8,12-13,15-16,19-20,22,27,30,34,53H,1-2,9-11,14,17-18,21,23-24H2,3-6H3,(H,43,44,47,48,49)/t27-,30+,34-,39-,54?/m0/s1. The summed E-state index contributed by atoms with van der Waals surface area (Å²) >= 11 is 8.74. The smallest absolute Gasteiger partial charge is 0.287 e. The molecule has 3 aromatic rings. The van der Waals surface area contributed by atoms with E-state index in [1.165, 1.54) is 21.9 Å². The number of benzene rings is 2. The number of nitrogens with one attached hydrogen (secondary N) is 1. The maximum absolute atomic E-state index is 15.2. The van der Waals surface area contributed by atoms with Gasteiger partial charge in [-0.05, 0) is 128 Å². The van der Waals surface area contributed by atoms with Crippen molar-refractivity contribution in [2.24, 2.45) is 23.2 Å². The molecule has 1 aliphatic heterocycles. The van der Waals surface area contributed by atoms with Crippen molar-refractivity contribution in [1.29, 1.82) is 0 Å². The zero-order valence-electron chi connectivity index (χ0n) is 31.1. The molecule has 54 heavy (non-hydrogen) atoms. The fraction of sp³-hybridized carbons (Fsp3) is 0.462. The first-order chi connectivity index (χ1) is 25.7. The van der Waals surface area contributed by atoms with Gasteiger partial charge in [-0.15, -0.1) is 17.5 Å². The summed E-state index contributed by atoms with van der Waals surface area (Å²) in [4.78, 5) is 30.0. The first kappa shape index (κ1) is 40.8. The van der Waals surface area contributed by atoms with Crippen molar-refractivity contribution < 1.29 is 27.8 Å². The van der Waals surface area contributed by atoms with Gasteiger partial charge >= 0.3 is 0 Å². The Kier molecular flexibility index (Phi) is 12.7. The van der Waals surface area contributed by atoms with Gasteiger partial charge in [0.25, 0.3) is 11.8 Å². The third-order valence-electron chi connectivity index (χ3n) is 10.9. The molecule has 6 atom stereocenters. The highest BCUT2D eigenvalue weighted by Crippen LogP contribution is 2.48. The van der Waals surface area contributed by atoms with Crippen LogP contribution in [0.3, 0.4) is 0 Å². The molecule has 0 radical (unpaired) electrons. The summed E-state index contributed by atoms with van der Waals surface area (Å²) < 4.78 is 42.1. The van der Waals surface area contributed by atoms with Crippen LogP contribution in [0.4, 0.5) is 5.69 Å². The first-order valence-electron chi connectivity index (χ1n) is 18.1. The molecule has 290 valence electrons. The maximum atomic E-state index is 15.2. The van der Waals surface area contributed by atoms with Crippen molar-refractivity contribution in [3.63, 3.8) is 0 Å². The van der Waals surface area contributed by atoms with E-state index in [-0.39, 0.29) is 28.6 Å². The topological polar surface area (TPSA) is 124 Å². The quantitative estimate of drug-likeness (QED) is 0.104. The lowest BCUT2D eigenvalue weighted by molar-refractivity contribution is -0.137. The lowest BCUT2D eigenvalue weighted by atomic mass is 9.68. The van der Waals surface area contributed by atoms with Gasteiger partial charge in [-0.1, -0.05) is 29.8 Å². The molecule has 1 spiro atoms. The van der Waals surface area contributed by atoms with Gasteiger partial charge in [-0.25, -0.2) is 4.21 Å². The summed E-state index contributed by atoms with van der Waals surface area (Å²) in [7, 11) is -2.24. The molecule has 1 fully saturated rings. The molecular formula is C39H48ClIN5O6PS. The second kappa shape index (κ2) is 16.7. The van der Waals surface area contributed by atoms with E-state index in [1.807, 2.05) is 12.1 Å². The first-order valence-corrected chi connectivity index (χ1v) is 24.0. The van der Waals surface area contributed by atoms with E-state index in [1.54, 1.807) is 52.2 Å². The molecule has 3 aliphatic rings. The second-order valence-electron chi connectivity index (χ2n) is 14.9. The van der Waals surface area contributed by atoms with E-state index in [0.717, 1.165) is 32.1 Å². The Morgan fingerprint density at radius 1 is 1.28 bits per heavy atom. The molecule has 0 saturated heterocycles. The number of halogens is 2. The average molecular weight is 908 g/mol. The van der Waals surface area contributed by atoms with Gasteiger partial charge in [0.1, 0.15) is 11.4 Å². The third-order valence-corrected chi connectivity index (χ3v) is 14.0. The number of aryl methyl sites for hydroxylation is 3. The van der Waals surface area contributed by atoms with E-state index in [0.29, 0.717) is 60.1 Å². The maximum Gasteiger partial charge on any atom is 0.287 e. The highest BCUT2D eigenvalue weighted by atomic mass is 127. The summed E-state index contributed by atoms with van der Waals surface area (Å²) in [5.41, 5.74) is 2.04. The van der Waals surface area contributed by atoms with Crippen molar-refractivity contribution in [3.8, 4) is 5.75 Å². The van der Waals surface area contributed by atoms with Crippen LogP contribution in [0.25, 0.3) is 0 Å². The van der Waals surface area contributed by atoms with Gasteiger partial charge in [0.15, 0.2) is 9.92 Å². The summed E-state index contributed by atoms with van der Waals surface area (Å²) in [6, 6.07) is 11.3. The number of hydrogen-bond donors (Lipinski definition) is 1. The minimum atomic E-state index is -3.94. The molecule has 11 nitrogen and oxygen atoms in total. The van der Waals surface area contributed by atoms with Gasteiger partial charge in [0, 0.05) is 36.8 Å². The molecule has 2 amide bonds. The number of carbonyl (C=O) groups is 2. The number of nitrogens with zero attached hydrogens (tertiary/aromatic N) is 4. The van der Waals surface area contributed by atoms with Crippen LogP contribution in [0.15, 0.2) is 77.2 Å². The second-order valence-corrected chi connectivity index (χ2v) is 19.0. The van der Waals surface area contributed by atoms with Crippen LogP contribution in [-0.2, 0) is 42.9 Å². The Morgan fingerprint density at radius 3 is 2.74 bits per heavy atom. The number of ether oxygens (including phenoxy) is 2. The Morgan fingerprint density at radius 2 is 2.07 bits per heavy atom. The van der Waals surface area contributed by atoms with Crippen LogP contribution in [0.1, 0.15) is 66.7 Å². The van der Waals surface area contributed by atoms with Crippen LogP contribution < -0.4 is 14.4 Å². The molecule has 15 heteroatoms. The lowest BCUT2D eigenvalue weighted by Crippen LogP contribution is -2.49. The molecule has 2 aliphatic carbocycles. The molecule has 1 saturated carbocycles. The molecule has 2 heterocycles. The summed E-state index contributed by atoms with van der Waals surface area (Å²) in [5.74, 6) is -0.246. The Hall–Kier alpha value is -2.81. The minimum absolute atomic E-state index is 0.0547. The number of amides is 2. The monoisotopic (exact) mass is 907 g/mol. The fourth-order valence-corrected chi connectivity index (χ4v) is 10.9. The van der Waals surface area contributed by atoms with Crippen molar-refractivity contribution in [2.45, 2.75) is 74.9 Å². The van der Waals surface area contributed by atoms with Gasteiger partial charge in [-0.2, -0.15) is 5.10 Å². The van der Waals surface area contributed by atoms with E-state index in [2.05, 4.69) is 66.4 Å². The zero-order valence-corrected chi connectivity index (χ0v) is 35.8. The third kappa shape index (κ3) is 8.46. The fourth-order valence-electron chi connectivity index (χ4n) is 7.86. The molecular weight excluding hydrogens is 860 g/mol. The lowest BCUT2D eigenvalue weighted by Gasteiger charge is -2.46. The number of fused-ring (bicyclic) bond motifs is 3. The predicted octanol–water partition coefficient (Wildman–Crippen LogP) is 8.08. The van der Waals surface area contributed by atoms with E-state index in [9.17, 15) is 9.59 Å². The largest absolute Gasteiger partial charge is 0.490 e. The SMILES string of the molecule is C=CCOC(C)(C)C(=O)N=S(=O)(NC(=O)c1cn(C)nc1C)c1ccc2c(c1)N(C[C@@H]1CC[C@H]1[C@H](C=C)OPI)C[C@@]1(CCCc3cc(Cl)ccc31)CO2. The van der Waals surface area contributed by atoms with Crippen LogP contribution >= 0.6 is 40.1 Å². The van der Waals surface area contributed by atoms with Crippen molar-refractivity contribution in [2.75, 3.05) is 31.2 Å². The van der Waals surface area contributed by atoms with Crippen molar-refractivity contribution >= 4 is 67.5 Å². The normalized spacial score (nSPS) is 22.6. The van der Waals surface area contributed by atoms with E-state index in [4.69, 9.17) is 25.6 Å². The van der Waals surface area contributed by atoms with E-state index < -0.39 is 27.3 Å². The van der Waals surface area contributed by atoms with E-state index >= 15 is 4.21 Å². The molecule has 2 aromatic carbocycles. The van der Waals surface area contributed by atoms with Gasteiger partial charge in [-0.3, -0.25) is 19.0 Å². The Bertz CT molecular complexity index is 2070. The highest BCUT2D eigenvalue weighted by molar-refractivity contribution is 14.2. The van der Waals surface area contributed by atoms with Gasteiger partial charge < -0.3 is 18.9 Å².